The smallest absolute Gasteiger partial charge is 0.236 e. The van der Waals surface area contributed by atoms with Crippen molar-refractivity contribution in [2.75, 3.05) is 38.3 Å². The van der Waals surface area contributed by atoms with Crippen LogP contribution in [0.2, 0.25) is 0 Å². The minimum Gasteiger partial charge on any atom is -0.383 e. The number of halogens is 1. The van der Waals surface area contributed by atoms with E-state index < -0.39 is 0 Å². The Labute approximate surface area is 128 Å². The Morgan fingerprint density at radius 3 is 2.85 bits per heavy atom. The van der Waals surface area contributed by atoms with Crippen LogP contribution in [0, 0.1) is 0 Å². The summed E-state index contributed by atoms with van der Waals surface area (Å²) in [5.41, 5.74) is 7.45. The van der Waals surface area contributed by atoms with Gasteiger partial charge in [-0.2, -0.15) is 0 Å². The van der Waals surface area contributed by atoms with Crippen LogP contribution in [0.25, 0.3) is 0 Å². The van der Waals surface area contributed by atoms with Crippen molar-refractivity contribution in [1.29, 1.82) is 0 Å². The number of amides is 1. The van der Waals surface area contributed by atoms with E-state index >= 15 is 0 Å². The van der Waals surface area contributed by atoms with Gasteiger partial charge in [0.05, 0.1) is 13.2 Å². The van der Waals surface area contributed by atoms with Crippen LogP contribution in [0.3, 0.4) is 0 Å². The van der Waals surface area contributed by atoms with E-state index in [0.717, 1.165) is 28.8 Å². The quantitative estimate of drug-likeness (QED) is 0.666. The van der Waals surface area contributed by atoms with E-state index in [1.807, 2.05) is 24.0 Å². The molecule has 6 heteroatoms. The lowest BCUT2D eigenvalue weighted by molar-refractivity contribution is -0.116. The van der Waals surface area contributed by atoms with Gasteiger partial charge >= 0.3 is 0 Å². The predicted octanol–water partition coefficient (Wildman–Crippen LogP) is 1.50. The minimum absolute atomic E-state index is 0.225. The number of nitrogens with one attached hydrogen (secondary N) is 1. The summed E-state index contributed by atoms with van der Waals surface area (Å²) in [6.07, 6.45) is 0. The molecule has 1 aromatic carbocycles. The van der Waals surface area contributed by atoms with E-state index in [-0.39, 0.29) is 12.5 Å². The van der Waals surface area contributed by atoms with Crippen LogP contribution in [0.5, 0.6) is 0 Å². The van der Waals surface area contributed by atoms with Crippen molar-refractivity contribution in [1.82, 2.24) is 5.32 Å². The van der Waals surface area contributed by atoms with Gasteiger partial charge in [-0.25, -0.2) is 0 Å². The van der Waals surface area contributed by atoms with E-state index in [1.165, 1.54) is 0 Å². The molecular weight excluding hydrogens is 322 g/mol. The van der Waals surface area contributed by atoms with Gasteiger partial charge < -0.3 is 20.7 Å². The van der Waals surface area contributed by atoms with Crippen LogP contribution in [-0.4, -0.2) is 39.3 Å². The fraction of sp³-hybridized carbons (Fsp3) is 0.500. The number of carbonyl (C=O) groups excluding carboxylic acids is 1. The van der Waals surface area contributed by atoms with Gasteiger partial charge in [0.1, 0.15) is 0 Å². The summed E-state index contributed by atoms with van der Waals surface area (Å²) in [5, 5.41) is 3.31. The van der Waals surface area contributed by atoms with Gasteiger partial charge in [-0.05, 0) is 30.7 Å². The van der Waals surface area contributed by atoms with E-state index in [2.05, 4.69) is 27.3 Å². The topological polar surface area (TPSA) is 67.6 Å². The lowest BCUT2D eigenvalue weighted by Gasteiger charge is -2.24. The molecule has 0 bridgehead atoms. The number of benzene rings is 1. The molecule has 0 saturated heterocycles. The zero-order chi connectivity index (χ0) is 15.0. The number of anilines is 1. The zero-order valence-electron chi connectivity index (χ0n) is 12.0. The van der Waals surface area contributed by atoms with Gasteiger partial charge in [0, 0.05) is 36.9 Å². The van der Waals surface area contributed by atoms with E-state index in [9.17, 15) is 4.79 Å². The predicted molar refractivity (Wildman–Crippen MR) is 84.8 cm³/mol. The highest BCUT2D eigenvalue weighted by Gasteiger charge is 2.12. The number of methoxy groups -OCH3 is 1. The molecule has 0 heterocycles. The first kappa shape index (κ1) is 16.9. The summed E-state index contributed by atoms with van der Waals surface area (Å²) in [5.74, 6) is -0.326. The number of primary amides is 1. The second-order valence-electron chi connectivity index (χ2n) is 4.42. The van der Waals surface area contributed by atoms with Crippen molar-refractivity contribution in [2.45, 2.75) is 13.5 Å². The number of likely N-dealkylation sites (N-methyl/N-ethyl adjacent to an activating group) is 1. The Kier molecular flexibility index (Phi) is 7.58. The first-order valence-corrected chi connectivity index (χ1v) is 7.39. The normalized spacial score (nSPS) is 10.6. The molecule has 0 fully saturated rings. The summed E-state index contributed by atoms with van der Waals surface area (Å²) in [7, 11) is 1.68. The van der Waals surface area contributed by atoms with Crippen molar-refractivity contribution in [3.63, 3.8) is 0 Å². The fourth-order valence-electron chi connectivity index (χ4n) is 1.96. The van der Waals surface area contributed by atoms with Crippen molar-refractivity contribution in [2.24, 2.45) is 5.73 Å². The summed E-state index contributed by atoms with van der Waals surface area (Å²) < 4.78 is 6.03. The van der Waals surface area contributed by atoms with Crippen LogP contribution in [0.1, 0.15) is 12.5 Å². The Hall–Kier alpha value is -1.11. The third-order valence-corrected chi connectivity index (χ3v) is 3.40. The second-order valence-corrected chi connectivity index (χ2v) is 5.34. The third-order valence-electron chi connectivity index (χ3n) is 2.91. The maximum absolute atomic E-state index is 11.2. The molecular formula is C14H22BrN3O2. The molecule has 1 aromatic rings. The van der Waals surface area contributed by atoms with Gasteiger partial charge in [-0.15, -0.1) is 0 Å². The lowest BCUT2D eigenvalue weighted by atomic mass is 10.1. The zero-order valence-corrected chi connectivity index (χ0v) is 13.6. The van der Waals surface area contributed by atoms with Gasteiger partial charge in [0.2, 0.25) is 5.91 Å². The average molecular weight is 344 g/mol. The lowest BCUT2D eigenvalue weighted by Crippen LogP contribution is -2.34. The Bertz CT molecular complexity index is 440. The minimum atomic E-state index is -0.326. The first-order valence-electron chi connectivity index (χ1n) is 6.59. The molecule has 20 heavy (non-hydrogen) atoms. The molecule has 0 aliphatic rings. The molecule has 0 radical (unpaired) electrons. The molecule has 0 spiro atoms. The van der Waals surface area contributed by atoms with Gasteiger partial charge in [0.15, 0.2) is 0 Å². The number of carbonyl (C=O) groups is 1. The number of rotatable bonds is 9. The largest absolute Gasteiger partial charge is 0.383 e. The van der Waals surface area contributed by atoms with Crippen molar-refractivity contribution in [3.8, 4) is 0 Å². The highest BCUT2D eigenvalue weighted by molar-refractivity contribution is 9.10. The number of nitrogens with two attached hydrogens (primary N) is 1. The fourth-order valence-corrected chi connectivity index (χ4v) is 2.37. The SMILES string of the molecule is CCN(CC(N)=O)c1ccc(Br)cc1CNCCOC. The maximum Gasteiger partial charge on any atom is 0.236 e. The van der Waals surface area contributed by atoms with E-state index in [4.69, 9.17) is 10.5 Å². The summed E-state index contributed by atoms with van der Waals surface area (Å²) in [6.45, 7) is 5.13. The van der Waals surface area contributed by atoms with Crippen LogP contribution >= 0.6 is 15.9 Å². The number of hydrogen-bond acceptors (Lipinski definition) is 4. The summed E-state index contributed by atoms with van der Waals surface area (Å²) in [6, 6.07) is 6.03. The van der Waals surface area contributed by atoms with E-state index in [0.29, 0.717) is 13.2 Å². The second kappa shape index (κ2) is 8.94. The number of ether oxygens (including phenoxy) is 1. The standard InChI is InChI=1S/C14H22BrN3O2/c1-3-18(10-14(16)19)13-5-4-12(15)8-11(13)9-17-6-7-20-2/h4-5,8,17H,3,6-7,9-10H2,1-2H3,(H2,16,19). The monoisotopic (exact) mass is 343 g/mol. The highest BCUT2D eigenvalue weighted by Crippen LogP contribution is 2.24. The molecule has 0 saturated carbocycles. The Morgan fingerprint density at radius 1 is 1.50 bits per heavy atom. The Morgan fingerprint density at radius 2 is 2.25 bits per heavy atom. The molecule has 112 valence electrons. The van der Waals surface area contributed by atoms with Gasteiger partial charge in [-0.3, -0.25) is 4.79 Å². The third kappa shape index (κ3) is 5.48. The summed E-state index contributed by atoms with van der Waals surface area (Å²) >= 11 is 3.48. The van der Waals surface area contributed by atoms with Crippen LogP contribution < -0.4 is 16.0 Å². The van der Waals surface area contributed by atoms with Crippen molar-refractivity contribution < 1.29 is 9.53 Å². The van der Waals surface area contributed by atoms with Crippen LogP contribution in [0.4, 0.5) is 5.69 Å². The van der Waals surface area contributed by atoms with Crippen LogP contribution in [-0.2, 0) is 16.1 Å². The van der Waals surface area contributed by atoms with Gasteiger partial charge in [-0.1, -0.05) is 15.9 Å². The molecule has 0 unspecified atom stereocenters. The number of nitrogens with zero attached hydrogens (tertiary/aromatic N) is 1. The molecule has 1 amide bonds. The molecule has 0 aromatic heterocycles. The molecule has 0 aliphatic carbocycles. The molecule has 0 aliphatic heterocycles. The molecule has 0 atom stereocenters. The Balaban J connectivity index is 2.84. The van der Waals surface area contributed by atoms with Crippen LogP contribution in [0.15, 0.2) is 22.7 Å². The van der Waals surface area contributed by atoms with Crippen molar-refractivity contribution in [3.05, 3.63) is 28.2 Å². The molecule has 3 N–H and O–H groups in total. The number of hydrogen-bond donors (Lipinski definition) is 2. The summed E-state index contributed by atoms with van der Waals surface area (Å²) in [4.78, 5) is 13.1. The first-order chi connectivity index (χ1) is 9.58. The molecule has 1 rings (SSSR count). The molecule has 5 nitrogen and oxygen atoms in total. The van der Waals surface area contributed by atoms with Crippen molar-refractivity contribution >= 4 is 27.5 Å². The van der Waals surface area contributed by atoms with Gasteiger partial charge in [0.25, 0.3) is 0 Å². The highest BCUT2D eigenvalue weighted by atomic mass is 79.9. The maximum atomic E-state index is 11.2. The van der Waals surface area contributed by atoms with E-state index in [1.54, 1.807) is 7.11 Å². The average Bonchev–Trinajstić information content (AvgIpc) is 2.41.